The fourth-order valence-electron chi connectivity index (χ4n) is 4.46. The summed E-state index contributed by atoms with van der Waals surface area (Å²) in [5.41, 5.74) is 4.78. The predicted molar refractivity (Wildman–Crippen MR) is 127 cm³/mol. The van der Waals surface area contributed by atoms with Crippen LogP contribution in [0, 0.1) is 0 Å². The Balaban J connectivity index is 1.64. The normalized spacial score (nSPS) is 19.5. The van der Waals surface area contributed by atoms with Gasteiger partial charge in [-0.1, -0.05) is 49.4 Å². The molecule has 2 aliphatic rings. The van der Waals surface area contributed by atoms with E-state index in [0.29, 0.717) is 12.2 Å². The highest BCUT2D eigenvalue weighted by atomic mass is 16.7. The zero-order chi connectivity index (χ0) is 22.5. The maximum absolute atomic E-state index is 13.7. The molecule has 2 aromatic carbocycles. The minimum Gasteiger partial charge on any atom is -0.379 e. The molecule has 1 amide bonds. The number of amides is 1. The number of carbonyl (C=O) groups is 1. The predicted octanol–water partition coefficient (Wildman–Crippen LogP) is 3.94. The van der Waals surface area contributed by atoms with Crippen LogP contribution in [-0.2, 0) is 20.9 Å². The number of ether oxygens (including phenoxy) is 1. The number of hydrogen-bond donors (Lipinski definition) is 0. The van der Waals surface area contributed by atoms with Crippen molar-refractivity contribution < 1.29 is 14.4 Å². The Labute approximate surface area is 191 Å². The first-order valence-electron chi connectivity index (χ1n) is 11.5. The highest BCUT2D eigenvalue weighted by Crippen LogP contribution is 2.36. The maximum Gasteiger partial charge on any atom is 0.277 e. The highest BCUT2D eigenvalue weighted by molar-refractivity contribution is 6.10. The van der Waals surface area contributed by atoms with Crippen LogP contribution in [0.25, 0.3) is 5.57 Å². The van der Waals surface area contributed by atoms with Crippen LogP contribution in [0.5, 0.6) is 0 Å². The van der Waals surface area contributed by atoms with Crippen molar-refractivity contribution in [2.24, 2.45) is 0 Å². The molecule has 0 saturated carbocycles. The van der Waals surface area contributed by atoms with Crippen LogP contribution in [0.4, 0.5) is 5.69 Å². The molecule has 0 aromatic heterocycles. The number of para-hydroxylation sites is 1. The minimum absolute atomic E-state index is 0.0375. The fraction of sp³-hybridized carbons (Fsp3) is 0.423. The van der Waals surface area contributed by atoms with E-state index in [1.807, 2.05) is 44.3 Å². The van der Waals surface area contributed by atoms with Crippen molar-refractivity contribution >= 4 is 17.2 Å². The average Bonchev–Trinajstić information content (AvgIpc) is 3.17. The molecule has 1 atom stereocenters. The molecular formula is C26H33N3O3. The van der Waals surface area contributed by atoms with Crippen molar-refractivity contribution in [2.45, 2.75) is 32.9 Å². The first-order valence-corrected chi connectivity index (χ1v) is 11.5. The number of hydroxylamine groups is 2. The molecule has 0 aliphatic carbocycles. The van der Waals surface area contributed by atoms with Crippen LogP contribution in [0.2, 0.25) is 0 Å². The third-order valence-corrected chi connectivity index (χ3v) is 6.15. The van der Waals surface area contributed by atoms with E-state index >= 15 is 0 Å². The first kappa shape index (κ1) is 22.5. The number of rotatable bonds is 7. The van der Waals surface area contributed by atoms with Gasteiger partial charge in [0.2, 0.25) is 0 Å². The van der Waals surface area contributed by atoms with E-state index in [-0.39, 0.29) is 12.0 Å². The SMILES string of the molecule is CCC1ON(C)C(C(=O)N(CC)c2ccccc2)=C1c1ccc(CN2CCOCC2)cc1. The van der Waals surface area contributed by atoms with Crippen LogP contribution in [0.3, 0.4) is 0 Å². The molecule has 2 aliphatic heterocycles. The molecule has 0 bridgehead atoms. The smallest absolute Gasteiger partial charge is 0.277 e. The number of benzene rings is 2. The standard InChI is InChI=1S/C26H33N3O3/c1-4-23-24(21-13-11-20(12-14-21)19-28-15-17-31-18-16-28)25(27(3)32-23)26(30)29(5-2)22-9-7-6-8-10-22/h6-14,23H,4-5,15-19H2,1-3H3. The number of anilines is 1. The molecule has 1 fully saturated rings. The Kier molecular flexibility index (Phi) is 7.25. The van der Waals surface area contributed by atoms with Gasteiger partial charge in [-0.3, -0.25) is 19.6 Å². The van der Waals surface area contributed by atoms with Gasteiger partial charge in [-0.05, 0) is 36.6 Å². The number of carbonyl (C=O) groups excluding carboxylic acids is 1. The van der Waals surface area contributed by atoms with E-state index in [0.717, 1.165) is 56.1 Å². The second-order valence-electron chi connectivity index (χ2n) is 8.23. The third-order valence-electron chi connectivity index (χ3n) is 6.15. The van der Waals surface area contributed by atoms with Gasteiger partial charge in [0.15, 0.2) is 0 Å². The Hall–Kier alpha value is -2.67. The van der Waals surface area contributed by atoms with Gasteiger partial charge in [0.1, 0.15) is 11.8 Å². The fourth-order valence-corrected chi connectivity index (χ4v) is 4.46. The van der Waals surface area contributed by atoms with Crippen LogP contribution < -0.4 is 4.90 Å². The lowest BCUT2D eigenvalue weighted by atomic mass is 9.95. The molecule has 0 spiro atoms. The number of morpholine rings is 1. The Morgan fingerprint density at radius 1 is 1.03 bits per heavy atom. The average molecular weight is 436 g/mol. The quantitative estimate of drug-likeness (QED) is 0.659. The monoisotopic (exact) mass is 435 g/mol. The summed E-state index contributed by atoms with van der Waals surface area (Å²) in [5.74, 6) is -0.0375. The van der Waals surface area contributed by atoms with Gasteiger partial charge in [-0.2, -0.15) is 0 Å². The lowest BCUT2D eigenvalue weighted by molar-refractivity contribution is -0.135. The molecule has 0 N–H and O–H groups in total. The lowest BCUT2D eigenvalue weighted by Gasteiger charge is -2.26. The summed E-state index contributed by atoms with van der Waals surface area (Å²) in [4.78, 5) is 24.0. The van der Waals surface area contributed by atoms with Crippen molar-refractivity contribution in [2.75, 3.05) is 44.8 Å². The second-order valence-corrected chi connectivity index (χ2v) is 8.23. The highest BCUT2D eigenvalue weighted by Gasteiger charge is 2.36. The van der Waals surface area contributed by atoms with Gasteiger partial charge in [-0.15, -0.1) is 0 Å². The molecule has 1 unspecified atom stereocenters. The minimum atomic E-state index is -0.140. The first-order chi connectivity index (χ1) is 15.6. The third kappa shape index (κ3) is 4.72. The Morgan fingerprint density at radius 2 is 1.72 bits per heavy atom. The summed E-state index contributed by atoms with van der Waals surface area (Å²) in [7, 11) is 1.83. The summed E-state index contributed by atoms with van der Waals surface area (Å²) >= 11 is 0. The van der Waals surface area contributed by atoms with Crippen molar-refractivity contribution in [3.63, 3.8) is 0 Å². The molecule has 2 aromatic rings. The van der Waals surface area contributed by atoms with Gasteiger partial charge >= 0.3 is 0 Å². The van der Waals surface area contributed by atoms with Crippen LogP contribution in [0.1, 0.15) is 31.4 Å². The van der Waals surface area contributed by atoms with E-state index in [9.17, 15) is 4.79 Å². The molecular weight excluding hydrogens is 402 g/mol. The van der Waals surface area contributed by atoms with Gasteiger partial charge in [0, 0.05) is 44.5 Å². The van der Waals surface area contributed by atoms with Crippen molar-refractivity contribution in [1.82, 2.24) is 9.96 Å². The topological polar surface area (TPSA) is 45.2 Å². The number of nitrogens with zero attached hydrogens (tertiary/aromatic N) is 3. The Morgan fingerprint density at radius 3 is 2.34 bits per heavy atom. The molecule has 32 heavy (non-hydrogen) atoms. The number of hydrogen-bond acceptors (Lipinski definition) is 5. The van der Waals surface area contributed by atoms with E-state index in [1.165, 1.54) is 5.56 Å². The van der Waals surface area contributed by atoms with Crippen LogP contribution in [0.15, 0.2) is 60.3 Å². The van der Waals surface area contributed by atoms with Crippen molar-refractivity contribution in [3.8, 4) is 0 Å². The van der Waals surface area contributed by atoms with Gasteiger partial charge in [0.05, 0.1) is 13.2 Å². The van der Waals surface area contributed by atoms with Crippen molar-refractivity contribution in [3.05, 3.63) is 71.4 Å². The zero-order valence-corrected chi connectivity index (χ0v) is 19.3. The molecule has 1 saturated heterocycles. The van der Waals surface area contributed by atoms with Gasteiger partial charge in [-0.25, -0.2) is 0 Å². The molecule has 0 radical (unpaired) electrons. The van der Waals surface area contributed by atoms with Gasteiger partial charge < -0.3 is 9.64 Å². The molecule has 6 heteroatoms. The number of likely N-dealkylation sites (N-methyl/N-ethyl adjacent to an activating group) is 2. The Bertz CT molecular complexity index is 937. The molecule has 4 rings (SSSR count). The molecule has 6 nitrogen and oxygen atoms in total. The summed E-state index contributed by atoms with van der Waals surface area (Å²) < 4.78 is 5.45. The van der Waals surface area contributed by atoms with Crippen LogP contribution in [-0.4, -0.2) is 61.9 Å². The lowest BCUT2D eigenvalue weighted by Crippen LogP contribution is -2.36. The van der Waals surface area contributed by atoms with Gasteiger partial charge in [0.25, 0.3) is 5.91 Å². The van der Waals surface area contributed by atoms with Crippen molar-refractivity contribution in [1.29, 1.82) is 0 Å². The van der Waals surface area contributed by atoms with E-state index in [1.54, 1.807) is 9.96 Å². The van der Waals surface area contributed by atoms with E-state index in [2.05, 4.69) is 36.1 Å². The zero-order valence-electron chi connectivity index (χ0n) is 19.3. The molecule has 170 valence electrons. The second kappa shape index (κ2) is 10.3. The van der Waals surface area contributed by atoms with Crippen LogP contribution >= 0.6 is 0 Å². The largest absolute Gasteiger partial charge is 0.379 e. The maximum atomic E-state index is 13.7. The summed E-state index contributed by atoms with van der Waals surface area (Å²) in [6.45, 7) is 9.12. The summed E-state index contributed by atoms with van der Waals surface area (Å²) in [6, 6.07) is 18.4. The molecule has 2 heterocycles. The van der Waals surface area contributed by atoms with E-state index in [4.69, 9.17) is 9.57 Å². The van der Waals surface area contributed by atoms with E-state index < -0.39 is 0 Å². The summed E-state index contributed by atoms with van der Waals surface area (Å²) in [6.07, 6.45) is 0.655. The summed E-state index contributed by atoms with van der Waals surface area (Å²) in [5, 5.41) is 1.65.